The molecule has 1 N–H and O–H groups in total. The topological polar surface area (TPSA) is 42.2 Å². The minimum absolute atomic E-state index is 0.138. The summed E-state index contributed by atoms with van der Waals surface area (Å²) in [6, 6.07) is 0. The predicted molar refractivity (Wildman–Crippen MR) is 47.6 cm³/mol. The van der Waals surface area contributed by atoms with Crippen molar-refractivity contribution in [3.63, 3.8) is 0 Å². The molecule has 0 fully saturated rings. The van der Waals surface area contributed by atoms with Crippen LogP contribution in [0.4, 0.5) is 0 Å². The summed E-state index contributed by atoms with van der Waals surface area (Å²) in [6.45, 7) is 5.31. The largest absolute Gasteiger partial charge is 0.503 e. The van der Waals surface area contributed by atoms with Gasteiger partial charge in [-0.2, -0.15) is 0 Å². The van der Waals surface area contributed by atoms with Gasteiger partial charge in [-0.05, 0) is 20.8 Å². The Morgan fingerprint density at radius 1 is 1.17 bits per heavy atom. The fourth-order valence-electron chi connectivity index (χ4n) is 1.17. The first-order valence-corrected chi connectivity index (χ1v) is 3.82. The lowest BCUT2D eigenvalue weighted by molar-refractivity contribution is 0.455. The van der Waals surface area contributed by atoms with Gasteiger partial charge in [-0.25, -0.2) is 0 Å². The van der Waals surface area contributed by atoms with Crippen molar-refractivity contribution in [2.24, 2.45) is 7.05 Å². The maximum absolute atomic E-state index is 11.3. The van der Waals surface area contributed by atoms with E-state index in [1.807, 2.05) is 18.5 Å². The van der Waals surface area contributed by atoms with Gasteiger partial charge in [0.25, 0.3) is 0 Å². The van der Waals surface area contributed by atoms with E-state index in [2.05, 4.69) is 0 Å². The molecule has 1 aromatic heterocycles. The third-order valence-electron chi connectivity index (χ3n) is 2.45. The van der Waals surface area contributed by atoms with Crippen LogP contribution in [-0.2, 0) is 7.05 Å². The summed E-state index contributed by atoms with van der Waals surface area (Å²) >= 11 is 0. The zero-order valence-electron chi connectivity index (χ0n) is 7.80. The van der Waals surface area contributed by atoms with E-state index >= 15 is 0 Å². The van der Waals surface area contributed by atoms with Crippen LogP contribution in [-0.4, -0.2) is 9.67 Å². The number of hydrogen-bond donors (Lipinski definition) is 1. The van der Waals surface area contributed by atoms with Gasteiger partial charge >= 0.3 is 0 Å². The zero-order valence-corrected chi connectivity index (χ0v) is 7.80. The second-order valence-corrected chi connectivity index (χ2v) is 3.03. The van der Waals surface area contributed by atoms with Crippen LogP contribution in [0.1, 0.15) is 17.0 Å². The van der Waals surface area contributed by atoms with Crippen molar-refractivity contribution in [2.45, 2.75) is 20.8 Å². The molecule has 0 aliphatic rings. The predicted octanol–water partition coefficient (Wildman–Crippen LogP) is 1.02. The molecular formula is C9H13NO2. The number of hydrogen-bond acceptors (Lipinski definition) is 2. The molecule has 1 heterocycles. The molecule has 0 atom stereocenters. The molecule has 1 aromatic rings. The lowest BCUT2D eigenvalue weighted by Gasteiger charge is -2.11. The number of aromatic nitrogens is 1. The summed E-state index contributed by atoms with van der Waals surface area (Å²) in [5.74, 6) is -0.138. The Kier molecular flexibility index (Phi) is 1.96. The average molecular weight is 167 g/mol. The van der Waals surface area contributed by atoms with Crippen LogP contribution in [0.2, 0.25) is 0 Å². The Labute approximate surface area is 71.3 Å². The van der Waals surface area contributed by atoms with Crippen LogP contribution in [0.5, 0.6) is 5.75 Å². The van der Waals surface area contributed by atoms with E-state index in [4.69, 9.17) is 0 Å². The van der Waals surface area contributed by atoms with E-state index in [-0.39, 0.29) is 11.2 Å². The fraction of sp³-hybridized carbons (Fsp3) is 0.444. The van der Waals surface area contributed by atoms with E-state index in [1.165, 1.54) is 0 Å². The van der Waals surface area contributed by atoms with Crippen molar-refractivity contribution in [1.82, 2.24) is 4.57 Å². The molecular weight excluding hydrogens is 154 g/mol. The van der Waals surface area contributed by atoms with Crippen molar-refractivity contribution >= 4 is 0 Å². The maximum Gasteiger partial charge on any atom is 0.226 e. The third-order valence-corrected chi connectivity index (χ3v) is 2.45. The van der Waals surface area contributed by atoms with Crippen molar-refractivity contribution in [1.29, 1.82) is 0 Å². The summed E-state index contributed by atoms with van der Waals surface area (Å²) < 4.78 is 1.81. The molecule has 0 bridgehead atoms. The second kappa shape index (κ2) is 2.66. The third kappa shape index (κ3) is 1.02. The van der Waals surface area contributed by atoms with Gasteiger partial charge in [-0.1, -0.05) is 0 Å². The van der Waals surface area contributed by atoms with Crippen molar-refractivity contribution in [3.05, 3.63) is 27.2 Å². The summed E-state index contributed by atoms with van der Waals surface area (Å²) in [5.41, 5.74) is 1.86. The van der Waals surface area contributed by atoms with Crippen LogP contribution >= 0.6 is 0 Å². The first-order valence-electron chi connectivity index (χ1n) is 3.82. The molecule has 0 radical (unpaired) electrons. The minimum atomic E-state index is -0.261. The maximum atomic E-state index is 11.3. The molecule has 12 heavy (non-hydrogen) atoms. The zero-order chi connectivity index (χ0) is 9.46. The highest BCUT2D eigenvalue weighted by Gasteiger charge is 2.09. The molecule has 0 aliphatic heterocycles. The van der Waals surface area contributed by atoms with Gasteiger partial charge in [0.2, 0.25) is 5.43 Å². The highest BCUT2D eigenvalue weighted by molar-refractivity contribution is 5.33. The van der Waals surface area contributed by atoms with Crippen LogP contribution in [0, 0.1) is 20.8 Å². The number of nitrogens with zero attached hydrogens (tertiary/aromatic N) is 1. The molecule has 0 saturated heterocycles. The Bertz CT molecular complexity index is 345. The van der Waals surface area contributed by atoms with Crippen LogP contribution in [0.3, 0.4) is 0 Å². The minimum Gasteiger partial charge on any atom is -0.503 e. The van der Waals surface area contributed by atoms with Gasteiger partial charge in [-0.15, -0.1) is 0 Å². The summed E-state index contributed by atoms with van der Waals surface area (Å²) in [6.07, 6.45) is 0. The first kappa shape index (κ1) is 8.84. The fourth-order valence-corrected chi connectivity index (χ4v) is 1.17. The van der Waals surface area contributed by atoms with Crippen molar-refractivity contribution in [3.8, 4) is 5.75 Å². The van der Waals surface area contributed by atoms with Gasteiger partial charge in [0.1, 0.15) is 0 Å². The van der Waals surface area contributed by atoms with Gasteiger partial charge in [0.15, 0.2) is 5.75 Å². The molecule has 0 spiro atoms. The van der Waals surface area contributed by atoms with E-state index in [9.17, 15) is 9.90 Å². The number of pyridine rings is 1. The van der Waals surface area contributed by atoms with E-state index in [0.717, 1.165) is 5.69 Å². The molecule has 1 rings (SSSR count). The van der Waals surface area contributed by atoms with E-state index in [1.54, 1.807) is 13.8 Å². The molecule has 0 saturated carbocycles. The second-order valence-electron chi connectivity index (χ2n) is 3.03. The smallest absolute Gasteiger partial charge is 0.226 e. The Morgan fingerprint density at radius 3 is 2.17 bits per heavy atom. The molecule has 0 aliphatic carbocycles. The monoisotopic (exact) mass is 167 g/mol. The Hall–Kier alpha value is -1.25. The molecule has 0 amide bonds. The van der Waals surface area contributed by atoms with Gasteiger partial charge in [-0.3, -0.25) is 4.79 Å². The van der Waals surface area contributed by atoms with Gasteiger partial charge < -0.3 is 9.67 Å². The summed E-state index contributed by atoms with van der Waals surface area (Å²) in [7, 11) is 1.83. The van der Waals surface area contributed by atoms with Crippen molar-refractivity contribution < 1.29 is 5.11 Å². The lowest BCUT2D eigenvalue weighted by atomic mass is 10.2. The van der Waals surface area contributed by atoms with Crippen LogP contribution in [0.25, 0.3) is 0 Å². The van der Waals surface area contributed by atoms with E-state index in [0.29, 0.717) is 11.3 Å². The lowest BCUT2D eigenvalue weighted by Crippen LogP contribution is -2.15. The first-order chi connectivity index (χ1) is 5.46. The normalized spacial score (nSPS) is 10.3. The molecule has 66 valence electrons. The number of aromatic hydroxyl groups is 1. The highest BCUT2D eigenvalue weighted by Crippen LogP contribution is 2.13. The average Bonchev–Trinajstić information content (AvgIpc) is 2.08. The van der Waals surface area contributed by atoms with E-state index < -0.39 is 0 Å². The van der Waals surface area contributed by atoms with Crippen molar-refractivity contribution in [2.75, 3.05) is 0 Å². The summed E-state index contributed by atoms with van der Waals surface area (Å²) in [5, 5.41) is 9.36. The molecule has 0 aromatic carbocycles. The van der Waals surface area contributed by atoms with Crippen LogP contribution in [0.15, 0.2) is 4.79 Å². The molecule has 3 heteroatoms. The highest BCUT2D eigenvalue weighted by atomic mass is 16.3. The van der Waals surface area contributed by atoms with Gasteiger partial charge in [0.05, 0.1) is 5.69 Å². The standard InChI is InChI=1S/C9H13NO2/c1-5-6(2)10(4)7(3)9(12)8(5)11/h12H,1-4H3. The molecule has 3 nitrogen and oxygen atoms in total. The van der Waals surface area contributed by atoms with Gasteiger partial charge in [0, 0.05) is 18.3 Å². The Morgan fingerprint density at radius 2 is 1.67 bits per heavy atom. The quantitative estimate of drug-likeness (QED) is 0.626. The van der Waals surface area contributed by atoms with Crippen LogP contribution < -0.4 is 5.43 Å². The SMILES string of the molecule is Cc1c(C)n(C)c(C)c(O)c1=O. The Balaban J connectivity index is 3.73. The summed E-state index contributed by atoms with van der Waals surface area (Å²) in [4.78, 5) is 11.3. The molecule has 0 unspecified atom stereocenters. The number of rotatable bonds is 0.